The Labute approximate surface area is 126 Å². The van der Waals surface area contributed by atoms with Crippen LogP contribution in [-0.2, 0) is 6.18 Å². The zero-order chi connectivity index (χ0) is 16.8. The van der Waals surface area contributed by atoms with Gasteiger partial charge in [-0.3, -0.25) is 0 Å². The number of aliphatic hydroxyl groups excluding tert-OH is 1. The van der Waals surface area contributed by atoms with Gasteiger partial charge in [0.25, 0.3) is 0 Å². The first-order chi connectivity index (χ1) is 10.2. The van der Waals surface area contributed by atoms with Crippen molar-refractivity contribution in [2.75, 3.05) is 18.5 Å². The second-order valence-electron chi connectivity index (χ2n) is 4.66. The molecule has 0 fully saturated rings. The van der Waals surface area contributed by atoms with Gasteiger partial charge in [0, 0.05) is 6.54 Å². The summed E-state index contributed by atoms with van der Waals surface area (Å²) >= 11 is 0. The van der Waals surface area contributed by atoms with E-state index in [2.05, 4.69) is 10.6 Å². The molecule has 0 aliphatic carbocycles. The molecule has 1 rings (SSSR count). The SMILES string of the molecule is CCOc1ccc(NC(=O)NCCC(C)O)c(C(F)(F)F)c1. The van der Waals surface area contributed by atoms with Crippen molar-refractivity contribution in [3.05, 3.63) is 23.8 Å². The quantitative estimate of drug-likeness (QED) is 0.754. The van der Waals surface area contributed by atoms with Crippen LogP contribution in [0.5, 0.6) is 5.75 Å². The van der Waals surface area contributed by atoms with Crippen molar-refractivity contribution in [1.82, 2.24) is 5.32 Å². The van der Waals surface area contributed by atoms with Crippen molar-refractivity contribution in [3.63, 3.8) is 0 Å². The van der Waals surface area contributed by atoms with Crippen LogP contribution >= 0.6 is 0 Å². The first kappa shape index (κ1) is 18.1. The molecule has 22 heavy (non-hydrogen) atoms. The Bertz CT molecular complexity index is 505. The number of ether oxygens (including phenoxy) is 1. The van der Waals surface area contributed by atoms with Gasteiger partial charge in [0.05, 0.1) is 24.0 Å². The van der Waals surface area contributed by atoms with Gasteiger partial charge >= 0.3 is 12.2 Å². The maximum atomic E-state index is 13.0. The van der Waals surface area contributed by atoms with Crippen molar-refractivity contribution in [2.45, 2.75) is 32.5 Å². The molecule has 1 aromatic carbocycles. The van der Waals surface area contributed by atoms with Crippen molar-refractivity contribution in [2.24, 2.45) is 0 Å². The first-order valence-electron chi connectivity index (χ1n) is 6.81. The number of alkyl halides is 3. The molecule has 1 aromatic rings. The lowest BCUT2D eigenvalue weighted by molar-refractivity contribution is -0.137. The summed E-state index contributed by atoms with van der Waals surface area (Å²) in [6, 6.07) is 2.57. The maximum Gasteiger partial charge on any atom is 0.418 e. The number of hydrogen-bond donors (Lipinski definition) is 3. The van der Waals surface area contributed by atoms with Crippen LogP contribution in [0.15, 0.2) is 18.2 Å². The summed E-state index contributed by atoms with van der Waals surface area (Å²) in [5, 5.41) is 13.6. The van der Waals surface area contributed by atoms with Gasteiger partial charge < -0.3 is 20.5 Å². The lowest BCUT2D eigenvalue weighted by Crippen LogP contribution is -2.31. The molecule has 2 amide bonds. The number of nitrogens with one attached hydrogen (secondary N) is 2. The molecule has 124 valence electrons. The van der Waals surface area contributed by atoms with Crippen LogP contribution in [0.1, 0.15) is 25.8 Å². The molecule has 0 bridgehead atoms. The van der Waals surface area contributed by atoms with Gasteiger partial charge in [-0.25, -0.2) is 4.79 Å². The number of amides is 2. The van der Waals surface area contributed by atoms with Crippen molar-refractivity contribution >= 4 is 11.7 Å². The number of halogens is 3. The van der Waals surface area contributed by atoms with E-state index in [0.29, 0.717) is 6.42 Å². The molecule has 8 heteroatoms. The van der Waals surface area contributed by atoms with Crippen LogP contribution in [-0.4, -0.2) is 30.4 Å². The predicted octanol–water partition coefficient (Wildman–Crippen LogP) is 3.00. The molecular weight excluding hydrogens is 301 g/mol. The molecule has 0 saturated heterocycles. The van der Waals surface area contributed by atoms with E-state index in [9.17, 15) is 18.0 Å². The molecule has 5 nitrogen and oxygen atoms in total. The molecule has 0 spiro atoms. The molecule has 3 N–H and O–H groups in total. The average Bonchev–Trinajstić information content (AvgIpc) is 2.39. The second kappa shape index (κ2) is 7.88. The Morgan fingerprint density at radius 2 is 2.09 bits per heavy atom. The van der Waals surface area contributed by atoms with E-state index in [0.717, 1.165) is 12.1 Å². The summed E-state index contributed by atoms with van der Waals surface area (Å²) in [4.78, 5) is 11.6. The fourth-order valence-electron chi connectivity index (χ4n) is 1.68. The Balaban J connectivity index is 2.82. The summed E-state index contributed by atoms with van der Waals surface area (Å²) < 4.78 is 44.1. The zero-order valence-corrected chi connectivity index (χ0v) is 12.3. The highest BCUT2D eigenvalue weighted by Crippen LogP contribution is 2.37. The lowest BCUT2D eigenvalue weighted by atomic mass is 10.1. The number of urea groups is 1. The molecule has 0 aliphatic rings. The lowest BCUT2D eigenvalue weighted by Gasteiger charge is -2.16. The van der Waals surface area contributed by atoms with Crippen LogP contribution in [0.4, 0.5) is 23.7 Å². The number of hydrogen-bond acceptors (Lipinski definition) is 3. The summed E-state index contributed by atoms with van der Waals surface area (Å²) in [6.45, 7) is 3.61. The highest BCUT2D eigenvalue weighted by molar-refractivity contribution is 5.90. The summed E-state index contributed by atoms with van der Waals surface area (Å²) in [5.41, 5.74) is -1.34. The Morgan fingerprint density at radius 1 is 1.41 bits per heavy atom. The second-order valence-corrected chi connectivity index (χ2v) is 4.66. The third-order valence-corrected chi connectivity index (χ3v) is 2.70. The highest BCUT2D eigenvalue weighted by atomic mass is 19.4. The standard InChI is InChI=1S/C14H19F3N2O3/c1-3-22-10-4-5-12(11(8-10)14(15,16)17)19-13(21)18-7-6-9(2)20/h4-5,8-9,20H,3,6-7H2,1-2H3,(H2,18,19,21). The number of carbonyl (C=O) groups is 1. The Morgan fingerprint density at radius 3 is 2.64 bits per heavy atom. The molecule has 0 heterocycles. The monoisotopic (exact) mass is 320 g/mol. The van der Waals surface area contributed by atoms with E-state index in [4.69, 9.17) is 9.84 Å². The summed E-state index contributed by atoms with van der Waals surface area (Å²) in [7, 11) is 0. The van der Waals surface area contributed by atoms with Crippen LogP contribution in [0, 0.1) is 0 Å². The molecular formula is C14H19F3N2O3. The minimum absolute atomic E-state index is 0.0786. The Hall–Kier alpha value is -1.96. The molecule has 1 unspecified atom stereocenters. The van der Waals surface area contributed by atoms with E-state index in [1.165, 1.54) is 6.07 Å². The average molecular weight is 320 g/mol. The number of carbonyl (C=O) groups excluding carboxylic acids is 1. The van der Waals surface area contributed by atoms with Gasteiger partial charge in [-0.15, -0.1) is 0 Å². The fraction of sp³-hybridized carbons (Fsp3) is 0.500. The molecule has 0 radical (unpaired) electrons. The third kappa shape index (κ3) is 5.80. The minimum atomic E-state index is -4.62. The number of rotatable bonds is 6. The van der Waals surface area contributed by atoms with E-state index < -0.39 is 23.9 Å². The van der Waals surface area contributed by atoms with Gasteiger partial charge in [-0.1, -0.05) is 0 Å². The van der Waals surface area contributed by atoms with Crippen LogP contribution in [0.25, 0.3) is 0 Å². The van der Waals surface area contributed by atoms with Crippen molar-refractivity contribution in [1.29, 1.82) is 0 Å². The molecule has 0 saturated carbocycles. The first-order valence-corrected chi connectivity index (χ1v) is 6.81. The van der Waals surface area contributed by atoms with Crippen LogP contribution < -0.4 is 15.4 Å². The van der Waals surface area contributed by atoms with Crippen molar-refractivity contribution < 1.29 is 27.8 Å². The van der Waals surface area contributed by atoms with Gasteiger partial charge in [0.2, 0.25) is 0 Å². The zero-order valence-electron chi connectivity index (χ0n) is 12.3. The van der Waals surface area contributed by atoms with Crippen molar-refractivity contribution in [3.8, 4) is 5.75 Å². The maximum absolute atomic E-state index is 13.0. The molecule has 1 atom stereocenters. The smallest absolute Gasteiger partial charge is 0.418 e. The van der Waals surface area contributed by atoms with E-state index in [1.54, 1.807) is 13.8 Å². The summed E-state index contributed by atoms with van der Waals surface area (Å²) in [5.74, 6) is 0.0786. The fourth-order valence-corrected chi connectivity index (χ4v) is 1.68. The third-order valence-electron chi connectivity index (χ3n) is 2.70. The Kier molecular flexibility index (Phi) is 6.48. The van der Waals surface area contributed by atoms with Gasteiger partial charge in [0.15, 0.2) is 0 Å². The van der Waals surface area contributed by atoms with E-state index >= 15 is 0 Å². The summed E-state index contributed by atoms with van der Waals surface area (Å²) in [6.07, 6.45) is -4.91. The number of benzene rings is 1. The van der Waals surface area contributed by atoms with E-state index in [1.807, 2.05) is 0 Å². The van der Waals surface area contributed by atoms with Gasteiger partial charge in [-0.2, -0.15) is 13.2 Å². The van der Waals surface area contributed by atoms with Crippen LogP contribution in [0.2, 0.25) is 0 Å². The normalized spacial score (nSPS) is 12.6. The predicted molar refractivity (Wildman–Crippen MR) is 75.9 cm³/mol. The molecule has 0 aliphatic heterocycles. The number of aliphatic hydroxyl groups is 1. The van der Waals surface area contributed by atoms with E-state index in [-0.39, 0.29) is 24.6 Å². The topological polar surface area (TPSA) is 70.6 Å². The highest BCUT2D eigenvalue weighted by Gasteiger charge is 2.34. The van der Waals surface area contributed by atoms with Gasteiger partial charge in [-0.05, 0) is 38.5 Å². The van der Waals surface area contributed by atoms with Crippen LogP contribution in [0.3, 0.4) is 0 Å². The number of anilines is 1. The van der Waals surface area contributed by atoms with Gasteiger partial charge in [0.1, 0.15) is 5.75 Å². The largest absolute Gasteiger partial charge is 0.494 e. The minimum Gasteiger partial charge on any atom is -0.494 e. The molecule has 0 aromatic heterocycles.